The van der Waals surface area contributed by atoms with Crippen LogP contribution in [0.1, 0.15) is 52.7 Å². The van der Waals surface area contributed by atoms with E-state index in [0.29, 0.717) is 0 Å². The number of benzene rings is 3. The van der Waals surface area contributed by atoms with Gasteiger partial charge in [-0.25, -0.2) is 0 Å². The van der Waals surface area contributed by atoms with Gasteiger partial charge >= 0.3 is 0 Å². The van der Waals surface area contributed by atoms with Crippen LogP contribution in [0.25, 0.3) is 0 Å². The lowest BCUT2D eigenvalue weighted by Gasteiger charge is -2.28. The van der Waals surface area contributed by atoms with E-state index in [2.05, 4.69) is 95.0 Å². The summed E-state index contributed by atoms with van der Waals surface area (Å²) >= 11 is 0. The van der Waals surface area contributed by atoms with E-state index in [1.165, 1.54) is 17.2 Å². The molecule has 0 saturated carbocycles. The molecule has 0 atom stereocenters. The molecule has 0 saturated heterocycles. The van der Waals surface area contributed by atoms with Crippen molar-refractivity contribution in [1.82, 2.24) is 0 Å². The van der Waals surface area contributed by atoms with Gasteiger partial charge in [0.15, 0.2) is 0 Å². The van der Waals surface area contributed by atoms with Crippen molar-refractivity contribution in [1.29, 1.82) is 0 Å². The third-order valence-corrected chi connectivity index (χ3v) is 5.28. The largest absolute Gasteiger partial charge is 0.310 e. The molecule has 3 aromatic carbocycles. The first-order valence-corrected chi connectivity index (χ1v) is 10.2. The molecule has 4 heteroatoms. The second-order valence-corrected chi connectivity index (χ2v) is 9.71. The van der Waals surface area contributed by atoms with Gasteiger partial charge in [0.2, 0.25) is 0 Å². The Morgan fingerprint density at radius 2 is 1.10 bits per heavy atom. The van der Waals surface area contributed by atoms with Crippen molar-refractivity contribution in [2.45, 2.75) is 52.4 Å². The first kappa shape index (κ1) is 21.6. The zero-order valence-corrected chi connectivity index (χ0v) is 18.6. The highest BCUT2D eigenvalue weighted by atomic mass is 16.6. The molecule has 0 aromatic heterocycles. The average molecular weight is 403 g/mol. The van der Waals surface area contributed by atoms with Crippen LogP contribution in [0.15, 0.2) is 72.8 Å². The third-order valence-electron chi connectivity index (χ3n) is 5.28. The predicted molar refractivity (Wildman–Crippen MR) is 125 cm³/mol. The highest BCUT2D eigenvalue weighted by Crippen LogP contribution is 2.37. The zero-order chi connectivity index (χ0) is 22.1. The van der Waals surface area contributed by atoms with Crippen molar-refractivity contribution in [3.05, 3.63) is 94.0 Å². The van der Waals surface area contributed by atoms with Crippen LogP contribution >= 0.6 is 0 Å². The number of nitrogens with zero attached hydrogens (tertiary/aromatic N) is 2. The minimum absolute atomic E-state index is 0.0588. The van der Waals surface area contributed by atoms with Gasteiger partial charge in [0.1, 0.15) is 0 Å². The van der Waals surface area contributed by atoms with Crippen molar-refractivity contribution in [3.63, 3.8) is 0 Å². The molecule has 0 aliphatic heterocycles. The summed E-state index contributed by atoms with van der Waals surface area (Å²) in [5, 5.41) is 11.3. The summed E-state index contributed by atoms with van der Waals surface area (Å²) in [6.45, 7) is 13.1. The smallest absolute Gasteiger partial charge is 0.271 e. The fourth-order valence-electron chi connectivity index (χ4n) is 3.41. The molecule has 0 aliphatic rings. The fraction of sp³-hybridized carbons (Fsp3) is 0.308. The maximum absolute atomic E-state index is 11.3. The van der Waals surface area contributed by atoms with E-state index < -0.39 is 0 Å². The van der Waals surface area contributed by atoms with E-state index in [0.717, 1.165) is 17.1 Å². The monoisotopic (exact) mass is 402 g/mol. The predicted octanol–water partition coefficient (Wildman–Crippen LogP) is 7.66. The Labute approximate surface area is 179 Å². The SMILES string of the molecule is CC(C)(C)c1ccc(N(c2ccc(C(C)(C)C)cc2)c2cccc([N+](=O)[O-])c2)cc1. The number of nitro benzene ring substituents is 1. The third kappa shape index (κ3) is 4.70. The molecule has 0 spiro atoms. The zero-order valence-electron chi connectivity index (χ0n) is 18.6. The number of hydrogen-bond acceptors (Lipinski definition) is 3. The molecule has 0 radical (unpaired) electrons. The second kappa shape index (κ2) is 7.94. The van der Waals surface area contributed by atoms with E-state index in [-0.39, 0.29) is 21.4 Å². The average Bonchev–Trinajstić information content (AvgIpc) is 2.68. The van der Waals surface area contributed by atoms with Crippen LogP contribution in [0.2, 0.25) is 0 Å². The molecule has 0 fully saturated rings. The highest BCUT2D eigenvalue weighted by molar-refractivity contribution is 5.77. The Morgan fingerprint density at radius 1 is 0.667 bits per heavy atom. The number of anilines is 3. The topological polar surface area (TPSA) is 46.4 Å². The summed E-state index contributed by atoms with van der Waals surface area (Å²) in [6.07, 6.45) is 0. The first-order valence-electron chi connectivity index (χ1n) is 10.2. The summed E-state index contributed by atoms with van der Waals surface area (Å²) in [6, 6.07) is 23.6. The lowest BCUT2D eigenvalue weighted by molar-refractivity contribution is -0.384. The van der Waals surface area contributed by atoms with Crippen LogP contribution in [0.3, 0.4) is 0 Å². The summed E-state index contributed by atoms with van der Waals surface area (Å²) in [5.41, 5.74) is 5.37. The van der Waals surface area contributed by atoms with Crippen LogP contribution in [0, 0.1) is 10.1 Å². The van der Waals surface area contributed by atoms with Crippen molar-refractivity contribution < 1.29 is 4.92 Å². The molecule has 156 valence electrons. The van der Waals surface area contributed by atoms with E-state index in [1.807, 2.05) is 6.07 Å². The van der Waals surface area contributed by atoms with Gasteiger partial charge in [0.05, 0.1) is 10.6 Å². The van der Waals surface area contributed by atoms with Gasteiger partial charge < -0.3 is 4.90 Å². The quantitative estimate of drug-likeness (QED) is 0.332. The molecule has 0 amide bonds. The van der Waals surface area contributed by atoms with Gasteiger partial charge in [0.25, 0.3) is 5.69 Å². The van der Waals surface area contributed by atoms with Gasteiger partial charge in [-0.1, -0.05) is 71.9 Å². The van der Waals surface area contributed by atoms with E-state index in [1.54, 1.807) is 12.1 Å². The van der Waals surface area contributed by atoms with Crippen molar-refractivity contribution in [2.24, 2.45) is 0 Å². The number of nitro groups is 1. The van der Waals surface area contributed by atoms with Crippen LogP contribution in [0.4, 0.5) is 22.7 Å². The molecule has 0 N–H and O–H groups in total. The van der Waals surface area contributed by atoms with Crippen molar-refractivity contribution in [3.8, 4) is 0 Å². The molecule has 4 nitrogen and oxygen atoms in total. The molecule has 0 heterocycles. The maximum atomic E-state index is 11.3. The fourth-order valence-corrected chi connectivity index (χ4v) is 3.41. The van der Waals surface area contributed by atoms with Gasteiger partial charge in [-0.3, -0.25) is 10.1 Å². The lowest BCUT2D eigenvalue weighted by Crippen LogP contribution is -2.14. The van der Waals surface area contributed by atoms with Crippen LogP contribution < -0.4 is 4.90 Å². The Hall–Kier alpha value is -3.14. The standard InChI is InChI=1S/C26H30N2O2/c1-25(2,3)19-10-14-21(15-11-19)27(23-8-7-9-24(18-23)28(29)30)22-16-12-20(13-17-22)26(4,5)6/h7-18H,1-6H3. The Bertz CT molecular complexity index is 967. The molecular formula is C26H30N2O2. The van der Waals surface area contributed by atoms with Crippen LogP contribution in [0.5, 0.6) is 0 Å². The molecule has 30 heavy (non-hydrogen) atoms. The van der Waals surface area contributed by atoms with Crippen LogP contribution in [-0.2, 0) is 10.8 Å². The van der Waals surface area contributed by atoms with E-state index in [4.69, 9.17) is 0 Å². The van der Waals surface area contributed by atoms with Gasteiger partial charge in [-0.15, -0.1) is 0 Å². The second-order valence-electron chi connectivity index (χ2n) is 9.71. The summed E-state index contributed by atoms with van der Waals surface area (Å²) in [7, 11) is 0. The minimum atomic E-state index is -0.354. The van der Waals surface area contributed by atoms with Crippen LogP contribution in [-0.4, -0.2) is 4.92 Å². The van der Waals surface area contributed by atoms with Crippen molar-refractivity contribution in [2.75, 3.05) is 4.90 Å². The van der Waals surface area contributed by atoms with E-state index in [9.17, 15) is 10.1 Å². The molecule has 0 aliphatic carbocycles. The normalized spacial score (nSPS) is 11.9. The Balaban J connectivity index is 2.12. The Kier molecular flexibility index (Phi) is 5.71. The molecule has 0 bridgehead atoms. The molecule has 3 aromatic rings. The lowest BCUT2D eigenvalue weighted by atomic mass is 9.86. The molecular weight excluding hydrogens is 372 g/mol. The number of rotatable bonds is 4. The summed E-state index contributed by atoms with van der Waals surface area (Å²) < 4.78 is 0. The number of non-ortho nitro benzene ring substituents is 1. The molecule has 0 unspecified atom stereocenters. The van der Waals surface area contributed by atoms with Gasteiger partial charge in [0, 0.05) is 23.5 Å². The summed E-state index contributed by atoms with van der Waals surface area (Å²) in [5.74, 6) is 0. The number of hydrogen-bond donors (Lipinski definition) is 0. The maximum Gasteiger partial charge on any atom is 0.271 e. The first-order chi connectivity index (χ1) is 14.0. The minimum Gasteiger partial charge on any atom is -0.310 e. The van der Waals surface area contributed by atoms with Gasteiger partial charge in [-0.2, -0.15) is 0 Å². The van der Waals surface area contributed by atoms with Crippen molar-refractivity contribution >= 4 is 22.7 Å². The van der Waals surface area contributed by atoms with E-state index >= 15 is 0 Å². The highest BCUT2D eigenvalue weighted by Gasteiger charge is 2.19. The van der Waals surface area contributed by atoms with Gasteiger partial charge in [-0.05, 0) is 52.3 Å². The summed E-state index contributed by atoms with van der Waals surface area (Å²) in [4.78, 5) is 13.1. The molecule has 3 rings (SSSR count). The Morgan fingerprint density at radius 3 is 1.47 bits per heavy atom.